The molecule has 2 rings (SSSR count). The highest BCUT2D eigenvalue weighted by Gasteiger charge is 2.63. The third kappa shape index (κ3) is 0.667. The minimum absolute atomic E-state index is 0.155. The van der Waals surface area contributed by atoms with E-state index in [4.69, 9.17) is 5.11 Å². The molecule has 2 aliphatic rings. The van der Waals surface area contributed by atoms with Crippen molar-refractivity contribution in [1.29, 1.82) is 0 Å². The summed E-state index contributed by atoms with van der Waals surface area (Å²) in [5.41, 5.74) is -0.656. The topological polar surface area (TPSA) is 54.4 Å². The van der Waals surface area contributed by atoms with Crippen LogP contribution >= 0.6 is 0 Å². The van der Waals surface area contributed by atoms with Gasteiger partial charge in [-0.2, -0.15) is 0 Å². The van der Waals surface area contributed by atoms with Crippen LogP contribution in [0.3, 0.4) is 0 Å². The number of hydrogen-bond donors (Lipinski definition) is 1. The number of rotatable bonds is 1. The molecule has 3 atom stereocenters. The van der Waals surface area contributed by atoms with Crippen LogP contribution in [-0.2, 0) is 9.59 Å². The van der Waals surface area contributed by atoms with Gasteiger partial charge in [-0.25, -0.2) is 0 Å². The quantitative estimate of drug-likeness (QED) is 0.637. The second kappa shape index (κ2) is 2.09. The van der Waals surface area contributed by atoms with E-state index >= 15 is 0 Å². The minimum Gasteiger partial charge on any atom is -0.481 e. The Morgan fingerprint density at radius 2 is 2.33 bits per heavy atom. The summed E-state index contributed by atoms with van der Waals surface area (Å²) in [6.45, 7) is 1.98. The van der Waals surface area contributed by atoms with Gasteiger partial charge in [0.25, 0.3) is 0 Å². The van der Waals surface area contributed by atoms with Crippen molar-refractivity contribution in [3.8, 4) is 0 Å². The Kier molecular flexibility index (Phi) is 1.35. The molecule has 0 saturated heterocycles. The van der Waals surface area contributed by atoms with E-state index in [1.54, 1.807) is 0 Å². The van der Waals surface area contributed by atoms with Gasteiger partial charge in [0.1, 0.15) is 5.78 Å². The summed E-state index contributed by atoms with van der Waals surface area (Å²) in [4.78, 5) is 22.1. The predicted octanol–water partition coefficient (Wildman–Crippen LogP) is 1.08. The predicted molar refractivity (Wildman–Crippen MR) is 41.6 cm³/mol. The van der Waals surface area contributed by atoms with Crippen LogP contribution in [0.25, 0.3) is 0 Å². The summed E-state index contributed by atoms with van der Waals surface area (Å²) in [5, 5.41) is 8.98. The molecular formula is C9H12O3. The molecule has 0 heterocycles. The number of ketones is 1. The molecule has 2 aliphatic carbocycles. The number of aliphatic carboxylic acids is 1. The average Bonchev–Trinajstić information content (AvgIpc) is 2.21. The Labute approximate surface area is 70.8 Å². The first-order valence-corrected chi connectivity index (χ1v) is 4.34. The zero-order valence-corrected chi connectivity index (χ0v) is 7.04. The van der Waals surface area contributed by atoms with Crippen molar-refractivity contribution in [2.45, 2.75) is 26.2 Å². The molecule has 2 fully saturated rings. The van der Waals surface area contributed by atoms with Gasteiger partial charge in [0, 0.05) is 12.3 Å². The monoisotopic (exact) mass is 168 g/mol. The number of carboxylic acid groups (broad SMARTS) is 1. The third-order valence-electron chi connectivity index (χ3n) is 3.47. The van der Waals surface area contributed by atoms with Crippen molar-refractivity contribution in [2.24, 2.45) is 17.3 Å². The highest BCUT2D eigenvalue weighted by Crippen LogP contribution is 2.57. The second-order valence-electron chi connectivity index (χ2n) is 4.10. The molecule has 0 amide bonds. The Morgan fingerprint density at radius 1 is 1.67 bits per heavy atom. The van der Waals surface area contributed by atoms with Crippen molar-refractivity contribution < 1.29 is 14.7 Å². The summed E-state index contributed by atoms with van der Waals surface area (Å²) >= 11 is 0. The molecule has 0 aromatic rings. The second-order valence-corrected chi connectivity index (χ2v) is 4.10. The van der Waals surface area contributed by atoms with Gasteiger partial charge in [0.15, 0.2) is 0 Å². The standard InChI is InChI=1S/C9H12O3/c1-5-2-3-9(8(11)12)4-6(10)7(5)9/h5,7H,2-4H2,1H3,(H,11,12). The van der Waals surface area contributed by atoms with Crippen LogP contribution in [0.5, 0.6) is 0 Å². The molecule has 0 spiro atoms. The van der Waals surface area contributed by atoms with Crippen LogP contribution in [0.1, 0.15) is 26.2 Å². The first-order valence-electron chi connectivity index (χ1n) is 4.34. The Morgan fingerprint density at radius 3 is 2.75 bits per heavy atom. The lowest BCUT2D eigenvalue weighted by molar-refractivity contribution is -0.167. The van der Waals surface area contributed by atoms with Gasteiger partial charge in [-0.05, 0) is 18.8 Å². The number of fused-ring (bicyclic) bond motifs is 1. The number of hydrogen-bond acceptors (Lipinski definition) is 2. The molecule has 12 heavy (non-hydrogen) atoms. The van der Waals surface area contributed by atoms with Crippen molar-refractivity contribution in [1.82, 2.24) is 0 Å². The van der Waals surface area contributed by atoms with E-state index in [-0.39, 0.29) is 24.0 Å². The fourth-order valence-electron chi connectivity index (χ4n) is 2.78. The largest absolute Gasteiger partial charge is 0.481 e. The van der Waals surface area contributed by atoms with Crippen LogP contribution in [-0.4, -0.2) is 16.9 Å². The van der Waals surface area contributed by atoms with E-state index in [0.29, 0.717) is 6.42 Å². The van der Waals surface area contributed by atoms with Gasteiger partial charge >= 0.3 is 5.97 Å². The molecule has 0 radical (unpaired) electrons. The number of carbonyl (C=O) groups excluding carboxylic acids is 1. The van der Waals surface area contributed by atoms with Crippen LogP contribution in [0, 0.1) is 17.3 Å². The number of carboxylic acids is 1. The van der Waals surface area contributed by atoms with Crippen LogP contribution in [0.15, 0.2) is 0 Å². The first-order chi connectivity index (χ1) is 5.58. The van der Waals surface area contributed by atoms with E-state index in [2.05, 4.69) is 0 Å². The average molecular weight is 168 g/mol. The molecule has 0 aliphatic heterocycles. The number of carbonyl (C=O) groups is 2. The lowest BCUT2D eigenvalue weighted by Gasteiger charge is -2.40. The van der Waals surface area contributed by atoms with E-state index in [1.807, 2.05) is 6.92 Å². The van der Waals surface area contributed by atoms with E-state index in [0.717, 1.165) is 6.42 Å². The Balaban J connectivity index is 2.30. The SMILES string of the molecule is CC1CCC2(C(=O)O)CC(=O)C12. The first kappa shape index (κ1) is 7.77. The van der Waals surface area contributed by atoms with E-state index < -0.39 is 11.4 Å². The molecular weight excluding hydrogens is 156 g/mol. The lowest BCUT2D eigenvalue weighted by Crippen LogP contribution is -2.51. The Hall–Kier alpha value is -0.860. The lowest BCUT2D eigenvalue weighted by atomic mass is 9.59. The van der Waals surface area contributed by atoms with Gasteiger partial charge in [-0.15, -0.1) is 0 Å². The van der Waals surface area contributed by atoms with Gasteiger partial charge in [0.05, 0.1) is 5.41 Å². The van der Waals surface area contributed by atoms with Gasteiger partial charge in [-0.1, -0.05) is 6.92 Å². The summed E-state index contributed by atoms with van der Waals surface area (Å²) in [6.07, 6.45) is 1.86. The maximum atomic E-state index is 11.2. The molecule has 0 aromatic carbocycles. The molecule has 66 valence electrons. The van der Waals surface area contributed by atoms with Crippen LogP contribution in [0.4, 0.5) is 0 Å². The van der Waals surface area contributed by atoms with Gasteiger partial charge < -0.3 is 5.11 Å². The highest BCUT2D eigenvalue weighted by atomic mass is 16.4. The van der Waals surface area contributed by atoms with Gasteiger partial charge in [0.2, 0.25) is 0 Å². The van der Waals surface area contributed by atoms with E-state index in [1.165, 1.54) is 0 Å². The van der Waals surface area contributed by atoms with Crippen molar-refractivity contribution in [2.75, 3.05) is 0 Å². The zero-order chi connectivity index (χ0) is 8.93. The summed E-state index contributed by atoms with van der Waals surface area (Å²) in [6, 6.07) is 0. The van der Waals surface area contributed by atoms with Crippen molar-refractivity contribution >= 4 is 11.8 Å². The van der Waals surface area contributed by atoms with Crippen molar-refractivity contribution in [3.05, 3.63) is 0 Å². The normalized spacial score (nSPS) is 45.2. The Bertz CT molecular complexity index is 258. The maximum absolute atomic E-state index is 11.2. The molecule has 3 unspecified atom stereocenters. The molecule has 1 N–H and O–H groups in total. The maximum Gasteiger partial charge on any atom is 0.310 e. The van der Waals surface area contributed by atoms with Crippen LogP contribution in [0.2, 0.25) is 0 Å². The van der Waals surface area contributed by atoms with Gasteiger partial charge in [-0.3, -0.25) is 9.59 Å². The zero-order valence-electron chi connectivity index (χ0n) is 7.04. The fraction of sp³-hybridized carbons (Fsp3) is 0.778. The minimum atomic E-state index is -0.767. The fourth-order valence-corrected chi connectivity index (χ4v) is 2.78. The summed E-state index contributed by atoms with van der Waals surface area (Å²) in [5.74, 6) is -0.504. The smallest absolute Gasteiger partial charge is 0.310 e. The molecule has 3 nitrogen and oxygen atoms in total. The molecule has 2 saturated carbocycles. The summed E-state index contributed by atoms with van der Waals surface area (Å²) < 4.78 is 0. The van der Waals surface area contributed by atoms with Crippen LogP contribution < -0.4 is 0 Å². The molecule has 0 bridgehead atoms. The van der Waals surface area contributed by atoms with Crippen molar-refractivity contribution in [3.63, 3.8) is 0 Å². The van der Waals surface area contributed by atoms with E-state index in [9.17, 15) is 9.59 Å². The molecule has 3 heteroatoms. The summed E-state index contributed by atoms with van der Waals surface area (Å²) in [7, 11) is 0. The highest BCUT2D eigenvalue weighted by molar-refractivity contribution is 6.00. The third-order valence-corrected chi connectivity index (χ3v) is 3.47. The number of Topliss-reactive ketones (excluding diaryl/α,β-unsaturated/α-hetero) is 1. The molecule has 0 aromatic heterocycles.